The van der Waals surface area contributed by atoms with Crippen LogP contribution in [0.1, 0.15) is 37.9 Å². The molecule has 113 valence electrons. The van der Waals surface area contributed by atoms with E-state index in [1.807, 2.05) is 6.07 Å². The molecule has 2 heterocycles. The van der Waals surface area contributed by atoms with Gasteiger partial charge in [-0.15, -0.1) is 0 Å². The second-order valence-corrected chi connectivity index (χ2v) is 5.99. The third-order valence-corrected chi connectivity index (χ3v) is 4.23. The maximum Gasteiger partial charge on any atom is 0.255 e. The summed E-state index contributed by atoms with van der Waals surface area (Å²) >= 11 is 6.16. The van der Waals surface area contributed by atoms with E-state index in [1.165, 1.54) is 30.2 Å². The van der Waals surface area contributed by atoms with Crippen molar-refractivity contribution >= 4 is 35.8 Å². The van der Waals surface area contributed by atoms with Gasteiger partial charge >= 0.3 is 0 Å². The van der Waals surface area contributed by atoms with Crippen molar-refractivity contribution < 1.29 is 4.39 Å². The van der Waals surface area contributed by atoms with E-state index in [1.54, 1.807) is 0 Å². The van der Waals surface area contributed by atoms with Gasteiger partial charge in [0.05, 0.1) is 11.4 Å². The molecule has 6 heteroatoms. The van der Waals surface area contributed by atoms with Crippen molar-refractivity contribution in [2.24, 2.45) is 4.99 Å². The van der Waals surface area contributed by atoms with E-state index in [0.717, 1.165) is 30.6 Å². The molecule has 1 N–H and O–H groups in total. The second kappa shape index (κ2) is 6.25. The SMILES string of the molecule is CCCC1=C(C)c2nc(Cl)cc(NCC3=NC=C(F)[B]3)c2C1. The monoisotopic (exact) mass is 316 g/mol. The van der Waals surface area contributed by atoms with Crippen molar-refractivity contribution in [2.75, 3.05) is 11.9 Å². The molecule has 0 amide bonds. The number of pyridine rings is 1. The molecule has 22 heavy (non-hydrogen) atoms. The number of fused-ring (bicyclic) bond motifs is 1. The van der Waals surface area contributed by atoms with E-state index in [9.17, 15) is 4.39 Å². The summed E-state index contributed by atoms with van der Waals surface area (Å²) in [6, 6.07) is 1.84. The van der Waals surface area contributed by atoms with E-state index >= 15 is 0 Å². The van der Waals surface area contributed by atoms with Gasteiger partial charge in [-0.2, -0.15) is 0 Å². The van der Waals surface area contributed by atoms with Gasteiger partial charge in [-0.1, -0.05) is 30.5 Å². The van der Waals surface area contributed by atoms with Crippen molar-refractivity contribution in [1.82, 2.24) is 4.98 Å². The topological polar surface area (TPSA) is 37.3 Å². The lowest BCUT2D eigenvalue weighted by atomic mass is 9.73. The molecule has 0 saturated heterocycles. The smallest absolute Gasteiger partial charge is 0.255 e. The largest absolute Gasteiger partial charge is 0.380 e. The van der Waals surface area contributed by atoms with Gasteiger partial charge in [0.1, 0.15) is 5.15 Å². The standard InChI is InChI=1S/C16H17BClFN3/c1-3-4-10-5-11-12(6-15(18)22-16(11)9(10)2)20-8-14-17-13(19)7-21-14/h6-7H,3-5,8H2,1-2H3,(H,20,22). The van der Waals surface area contributed by atoms with Crippen LogP contribution in [-0.4, -0.2) is 24.4 Å². The van der Waals surface area contributed by atoms with Gasteiger partial charge in [0.15, 0.2) is 0 Å². The molecule has 0 saturated carbocycles. The van der Waals surface area contributed by atoms with Gasteiger partial charge in [-0.3, -0.25) is 4.99 Å². The molecule has 1 aliphatic carbocycles. The first-order valence-corrected chi connectivity index (χ1v) is 7.85. The van der Waals surface area contributed by atoms with Crippen molar-refractivity contribution in [3.8, 4) is 0 Å². The fraction of sp³-hybridized carbons (Fsp3) is 0.375. The van der Waals surface area contributed by atoms with Crippen molar-refractivity contribution in [1.29, 1.82) is 0 Å². The average molecular weight is 317 g/mol. The highest BCUT2D eigenvalue weighted by molar-refractivity contribution is 6.82. The maximum atomic E-state index is 13.0. The minimum atomic E-state index is -0.308. The molecule has 0 aromatic carbocycles. The molecular weight excluding hydrogens is 299 g/mol. The number of hydrogen-bond donors (Lipinski definition) is 1. The summed E-state index contributed by atoms with van der Waals surface area (Å²) in [7, 11) is 1.43. The van der Waals surface area contributed by atoms with Gasteiger partial charge < -0.3 is 5.32 Å². The number of rotatable bonds is 5. The summed E-state index contributed by atoms with van der Waals surface area (Å²) in [5, 5.41) is 3.79. The zero-order valence-corrected chi connectivity index (χ0v) is 13.5. The summed E-state index contributed by atoms with van der Waals surface area (Å²) in [5.41, 5.74) is 6.15. The zero-order chi connectivity index (χ0) is 15.7. The number of aromatic nitrogens is 1. The summed E-state index contributed by atoms with van der Waals surface area (Å²) < 4.78 is 13.0. The second-order valence-electron chi connectivity index (χ2n) is 5.61. The van der Waals surface area contributed by atoms with Gasteiger partial charge in [-0.25, -0.2) is 9.37 Å². The van der Waals surface area contributed by atoms with Crippen LogP contribution in [0.25, 0.3) is 5.57 Å². The predicted octanol–water partition coefficient (Wildman–Crippen LogP) is 4.16. The van der Waals surface area contributed by atoms with E-state index < -0.39 is 0 Å². The summed E-state index contributed by atoms with van der Waals surface area (Å²) in [4.78, 5) is 8.49. The number of halogens is 2. The minimum absolute atomic E-state index is 0.308. The summed E-state index contributed by atoms with van der Waals surface area (Å²) in [5.74, 6) is 0. The van der Waals surface area contributed by atoms with E-state index in [2.05, 4.69) is 29.1 Å². The van der Waals surface area contributed by atoms with Crippen molar-refractivity contribution in [3.63, 3.8) is 0 Å². The highest BCUT2D eigenvalue weighted by atomic mass is 35.5. The molecule has 0 unspecified atom stereocenters. The van der Waals surface area contributed by atoms with Crippen LogP contribution in [-0.2, 0) is 6.42 Å². The molecular formula is C16H17BClFN3. The lowest BCUT2D eigenvalue weighted by molar-refractivity contribution is 0.692. The molecule has 2 aliphatic rings. The average Bonchev–Trinajstić information content (AvgIpc) is 3.03. The van der Waals surface area contributed by atoms with E-state index in [4.69, 9.17) is 11.6 Å². The molecule has 0 spiro atoms. The van der Waals surface area contributed by atoms with E-state index in [-0.39, 0.29) is 5.73 Å². The molecule has 1 aliphatic heterocycles. The van der Waals surface area contributed by atoms with Gasteiger partial charge in [0, 0.05) is 29.6 Å². The normalized spacial score (nSPS) is 16.4. The Hall–Kier alpha value is -1.62. The Morgan fingerprint density at radius 2 is 2.27 bits per heavy atom. The van der Waals surface area contributed by atoms with Crippen LogP contribution in [0.2, 0.25) is 5.15 Å². The Bertz CT molecular complexity index is 710. The minimum Gasteiger partial charge on any atom is -0.380 e. The Labute approximate surface area is 135 Å². The first kappa shape index (κ1) is 15.3. The molecule has 0 bridgehead atoms. The highest BCUT2D eigenvalue weighted by Crippen LogP contribution is 2.38. The number of nitrogens with zero attached hydrogens (tertiary/aromatic N) is 2. The molecule has 3 rings (SSSR count). The highest BCUT2D eigenvalue weighted by Gasteiger charge is 2.23. The van der Waals surface area contributed by atoms with Crippen LogP contribution in [0.5, 0.6) is 0 Å². The van der Waals surface area contributed by atoms with Crippen LogP contribution in [0.4, 0.5) is 10.1 Å². The number of aliphatic imine (C=N–C) groups is 1. The van der Waals surface area contributed by atoms with Crippen LogP contribution < -0.4 is 5.32 Å². The van der Waals surface area contributed by atoms with Crippen molar-refractivity contribution in [2.45, 2.75) is 33.1 Å². The first-order chi connectivity index (χ1) is 10.6. The number of allylic oxidation sites excluding steroid dienone is 2. The Kier molecular flexibility index (Phi) is 4.34. The molecule has 1 aromatic rings. The van der Waals surface area contributed by atoms with Crippen LogP contribution >= 0.6 is 11.6 Å². The van der Waals surface area contributed by atoms with Crippen LogP contribution in [0, 0.1) is 0 Å². The molecule has 1 radical (unpaired) electrons. The number of nitrogens with one attached hydrogen (secondary N) is 1. The molecule has 1 aromatic heterocycles. The molecule has 0 atom stereocenters. The molecule has 3 nitrogen and oxygen atoms in total. The van der Waals surface area contributed by atoms with Crippen LogP contribution in [0.3, 0.4) is 0 Å². The summed E-state index contributed by atoms with van der Waals surface area (Å²) in [6.45, 7) is 4.76. The predicted molar refractivity (Wildman–Crippen MR) is 91.3 cm³/mol. The number of hydrogen-bond acceptors (Lipinski definition) is 3. The quantitative estimate of drug-likeness (QED) is 0.654. The fourth-order valence-electron chi connectivity index (χ4n) is 2.94. The number of anilines is 1. The Morgan fingerprint density at radius 1 is 1.45 bits per heavy atom. The zero-order valence-electron chi connectivity index (χ0n) is 12.7. The lowest BCUT2D eigenvalue weighted by Crippen LogP contribution is -2.19. The summed E-state index contributed by atoms with van der Waals surface area (Å²) in [6.07, 6.45) is 4.33. The van der Waals surface area contributed by atoms with Crippen molar-refractivity contribution in [3.05, 3.63) is 40.0 Å². The molecule has 0 fully saturated rings. The third-order valence-electron chi connectivity index (χ3n) is 4.04. The van der Waals surface area contributed by atoms with Gasteiger partial charge in [0.2, 0.25) is 0 Å². The van der Waals surface area contributed by atoms with Gasteiger partial charge in [0.25, 0.3) is 7.28 Å². The lowest BCUT2D eigenvalue weighted by Gasteiger charge is -2.12. The maximum absolute atomic E-state index is 13.0. The Morgan fingerprint density at radius 3 is 2.95 bits per heavy atom. The van der Waals surface area contributed by atoms with Gasteiger partial charge in [-0.05, 0) is 31.4 Å². The first-order valence-electron chi connectivity index (χ1n) is 7.48. The van der Waals surface area contributed by atoms with E-state index in [0.29, 0.717) is 17.3 Å². The Balaban J connectivity index is 1.80. The fourth-order valence-corrected chi connectivity index (χ4v) is 3.13. The third kappa shape index (κ3) is 2.95. The van der Waals surface area contributed by atoms with Crippen LogP contribution in [0.15, 0.2) is 28.6 Å².